The fraction of sp³-hybridized carbons (Fsp3) is 0.323. The van der Waals surface area contributed by atoms with E-state index in [2.05, 4.69) is 35.9 Å². The van der Waals surface area contributed by atoms with Crippen LogP contribution in [-0.4, -0.2) is 53.6 Å². The number of aliphatic imine (C=N–C) groups is 1. The molecule has 7 nitrogen and oxygen atoms in total. The van der Waals surface area contributed by atoms with Crippen molar-refractivity contribution in [1.29, 1.82) is 0 Å². The maximum atomic E-state index is 13.5. The summed E-state index contributed by atoms with van der Waals surface area (Å²) in [4.78, 5) is 10.5. The Hall–Kier alpha value is -3.22. The van der Waals surface area contributed by atoms with Crippen molar-refractivity contribution in [3.63, 3.8) is 0 Å². The molecule has 0 aliphatic carbocycles. The first-order valence-electron chi connectivity index (χ1n) is 13.6. The van der Waals surface area contributed by atoms with E-state index in [0.29, 0.717) is 27.5 Å². The van der Waals surface area contributed by atoms with Gasteiger partial charge < -0.3 is 24.0 Å². The molecule has 0 aliphatic rings. The van der Waals surface area contributed by atoms with Crippen LogP contribution in [0.25, 0.3) is 10.9 Å². The average molecular weight is 548 g/mol. The Kier molecular flexibility index (Phi) is 9.76. The predicted molar refractivity (Wildman–Crippen MR) is 160 cm³/mol. The highest BCUT2D eigenvalue weighted by molar-refractivity contribution is 7.62. The van der Waals surface area contributed by atoms with E-state index in [9.17, 15) is 9.67 Å². The van der Waals surface area contributed by atoms with Gasteiger partial charge in [-0.1, -0.05) is 56.3 Å². The van der Waals surface area contributed by atoms with E-state index >= 15 is 0 Å². The molecule has 4 rings (SSSR count). The van der Waals surface area contributed by atoms with Crippen molar-refractivity contribution < 1.29 is 18.7 Å². The van der Waals surface area contributed by atoms with Gasteiger partial charge >= 0.3 is 7.60 Å². The number of nitrogens with one attached hydrogen (secondary N) is 1. The number of aromatic hydroxyl groups is 1. The van der Waals surface area contributed by atoms with Crippen molar-refractivity contribution in [3.8, 4) is 5.88 Å². The molecule has 1 aromatic heterocycles. The predicted octanol–water partition coefficient (Wildman–Crippen LogP) is 6.82. The fourth-order valence-corrected chi connectivity index (χ4v) is 6.25. The highest BCUT2D eigenvalue weighted by Crippen LogP contribution is 2.47. The third kappa shape index (κ3) is 6.68. The van der Waals surface area contributed by atoms with Gasteiger partial charge in [-0.25, -0.2) is 4.99 Å². The molecule has 0 radical (unpaired) electrons. The molecule has 3 aromatic carbocycles. The number of likely N-dealkylation sites (N-methyl/N-ethyl adjacent to an activating group) is 1. The molecular formula is C31H38N3O4P. The smallest absolute Gasteiger partial charge is 0.361 e. The first-order chi connectivity index (χ1) is 18.9. The number of rotatable bonds is 13. The lowest BCUT2D eigenvalue weighted by molar-refractivity contribution is 0.230. The highest BCUT2D eigenvalue weighted by Gasteiger charge is 2.28. The van der Waals surface area contributed by atoms with Gasteiger partial charge in [0.2, 0.25) is 0 Å². The zero-order chi connectivity index (χ0) is 27.8. The Morgan fingerprint density at radius 2 is 1.59 bits per heavy atom. The summed E-state index contributed by atoms with van der Waals surface area (Å²) in [5, 5.41) is 12.2. The number of aromatic nitrogens is 1. The van der Waals surface area contributed by atoms with Crippen LogP contribution in [0.3, 0.4) is 0 Å². The van der Waals surface area contributed by atoms with Gasteiger partial charge in [-0.2, -0.15) is 0 Å². The molecule has 0 fully saturated rings. The molecule has 0 aliphatic heterocycles. The lowest BCUT2D eigenvalue weighted by Gasteiger charge is -2.17. The summed E-state index contributed by atoms with van der Waals surface area (Å²) in [6.45, 7) is 11.5. The average Bonchev–Trinajstić information content (AvgIpc) is 3.28. The number of benzene rings is 3. The summed E-state index contributed by atoms with van der Waals surface area (Å²) in [5.41, 5.74) is 4.71. The van der Waals surface area contributed by atoms with Crippen LogP contribution >= 0.6 is 7.60 Å². The monoisotopic (exact) mass is 547 g/mol. The Morgan fingerprint density at radius 1 is 0.923 bits per heavy atom. The number of fused-ring (bicyclic) bond motifs is 1. The van der Waals surface area contributed by atoms with Crippen LogP contribution < -0.4 is 5.30 Å². The summed E-state index contributed by atoms with van der Waals surface area (Å²) in [6, 6.07) is 23.3. The van der Waals surface area contributed by atoms with Crippen LogP contribution in [0.4, 0.5) is 5.69 Å². The van der Waals surface area contributed by atoms with Gasteiger partial charge in [-0.15, -0.1) is 0 Å². The van der Waals surface area contributed by atoms with Crippen molar-refractivity contribution in [2.45, 2.75) is 34.1 Å². The van der Waals surface area contributed by atoms with Crippen LogP contribution in [0.2, 0.25) is 0 Å². The zero-order valence-corrected chi connectivity index (χ0v) is 24.1. The van der Waals surface area contributed by atoms with Crippen LogP contribution in [-0.2, 0) is 20.0 Å². The molecule has 0 saturated heterocycles. The minimum absolute atomic E-state index is 0.0109. The first kappa shape index (κ1) is 28.8. The topological polar surface area (TPSA) is 87.1 Å². The maximum absolute atomic E-state index is 13.5. The van der Waals surface area contributed by atoms with E-state index in [1.54, 1.807) is 32.0 Å². The second kappa shape index (κ2) is 13.2. The van der Waals surface area contributed by atoms with Crippen molar-refractivity contribution >= 4 is 35.2 Å². The highest BCUT2D eigenvalue weighted by atomic mass is 31.2. The second-order valence-electron chi connectivity index (χ2n) is 9.18. The molecule has 0 atom stereocenters. The third-order valence-electron chi connectivity index (χ3n) is 6.75. The number of hydrogen-bond acceptors (Lipinski definition) is 6. The number of hydrogen-bond donors (Lipinski definition) is 2. The van der Waals surface area contributed by atoms with Crippen molar-refractivity contribution in [3.05, 3.63) is 89.5 Å². The quantitative estimate of drug-likeness (QED) is 0.142. The van der Waals surface area contributed by atoms with Crippen LogP contribution in [0.5, 0.6) is 5.88 Å². The number of H-pyrrole nitrogens is 1. The normalized spacial score (nSPS) is 12.5. The first-order valence-corrected chi connectivity index (χ1v) is 15.2. The van der Waals surface area contributed by atoms with Crippen LogP contribution in [0.15, 0.2) is 77.8 Å². The number of aromatic amines is 1. The second-order valence-corrected chi connectivity index (χ2v) is 11.2. The molecule has 0 spiro atoms. The van der Waals surface area contributed by atoms with Gasteiger partial charge in [0.05, 0.1) is 35.5 Å². The molecule has 1 heterocycles. The van der Waals surface area contributed by atoms with Gasteiger partial charge in [0.1, 0.15) is 0 Å². The Balaban J connectivity index is 1.79. The van der Waals surface area contributed by atoms with E-state index in [1.807, 2.05) is 42.5 Å². The molecule has 0 saturated carbocycles. The third-order valence-corrected chi connectivity index (χ3v) is 8.86. The van der Waals surface area contributed by atoms with E-state index in [-0.39, 0.29) is 19.1 Å². The van der Waals surface area contributed by atoms with E-state index < -0.39 is 7.60 Å². The molecular weight excluding hydrogens is 509 g/mol. The summed E-state index contributed by atoms with van der Waals surface area (Å²) in [6.07, 6.45) is 0.975. The molecule has 2 N–H and O–H groups in total. The van der Waals surface area contributed by atoms with E-state index in [1.165, 1.54) is 5.56 Å². The standard InChI is InChI=1S/C31H38N3O4P/c1-5-34(6-2)21-20-23-14-16-25(17-15-23)32-30(24-12-10-9-11-13-24)29-27-22-26(18-19-28(27)33-31(29)35)39(36,37-7-3)38-8-4/h9-19,22,33,35H,5-8,20-21H2,1-4H3. The van der Waals surface area contributed by atoms with E-state index in [4.69, 9.17) is 14.0 Å². The largest absolute Gasteiger partial charge is 0.494 e. The molecule has 8 heteroatoms. The lowest BCUT2D eigenvalue weighted by Crippen LogP contribution is -2.25. The molecule has 0 amide bonds. The maximum Gasteiger partial charge on any atom is 0.361 e. The minimum atomic E-state index is -3.52. The van der Waals surface area contributed by atoms with Crippen molar-refractivity contribution in [2.75, 3.05) is 32.8 Å². The van der Waals surface area contributed by atoms with Gasteiger partial charge in [0, 0.05) is 23.0 Å². The summed E-state index contributed by atoms with van der Waals surface area (Å²) in [5.74, 6) is -0.0109. The Morgan fingerprint density at radius 3 is 2.21 bits per heavy atom. The minimum Gasteiger partial charge on any atom is -0.494 e. The molecule has 0 unspecified atom stereocenters. The summed E-state index contributed by atoms with van der Waals surface area (Å²) >= 11 is 0. The molecule has 39 heavy (non-hydrogen) atoms. The number of nitrogens with zero attached hydrogens (tertiary/aromatic N) is 2. The lowest BCUT2D eigenvalue weighted by atomic mass is 10.0. The van der Waals surface area contributed by atoms with Crippen molar-refractivity contribution in [1.82, 2.24) is 9.88 Å². The molecule has 0 bridgehead atoms. The molecule has 4 aromatic rings. The SMILES string of the molecule is CCOP(=O)(OCC)c1ccc2[nH]c(O)c(C(=Nc3ccc(CCN(CC)CC)cc3)c3ccccc3)c2c1. The van der Waals surface area contributed by atoms with Crippen LogP contribution in [0.1, 0.15) is 44.4 Å². The fourth-order valence-electron chi connectivity index (χ4n) is 4.66. The van der Waals surface area contributed by atoms with Gasteiger partial charge in [-0.05, 0) is 69.3 Å². The van der Waals surface area contributed by atoms with Crippen molar-refractivity contribution in [2.24, 2.45) is 4.99 Å². The summed E-state index contributed by atoms with van der Waals surface area (Å²) < 4.78 is 24.7. The molecule has 206 valence electrons. The van der Waals surface area contributed by atoms with Crippen LogP contribution in [0, 0.1) is 0 Å². The van der Waals surface area contributed by atoms with Gasteiger partial charge in [-0.3, -0.25) is 4.57 Å². The van der Waals surface area contributed by atoms with E-state index in [0.717, 1.165) is 37.3 Å². The van der Waals surface area contributed by atoms with Gasteiger partial charge in [0.25, 0.3) is 0 Å². The Labute approximate surface area is 231 Å². The Bertz CT molecular complexity index is 1430. The van der Waals surface area contributed by atoms with Gasteiger partial charge in [0.15, 0.2) is 5.88 Å². The zero-order valence-electron chi connectivity index (χ0n) is 23.2. The summed E-state index contributed by atoms with van der Waals surface area (Å²) in [7, 11) is -3.52.